The summed E-state index contributed by atoms with van der Waals surface area (Å²) in [5.41, 5.74) is 3.61. The highest BCUT2D eigenvalue weighted by atomic mass is 16.2. The molecule has 23 heavy (non-hydrogen) atoms. The van der Waals surface area contributed by atoms with Crippen molar-refractivity contribution >= 4 is 23.2 Å². The number of anilines is 2. The second-order valence-corrected chi connectivity index (χ2v) is 5.52. The van der Waals surface area contributed by atoms with Crippen LogP contribution in [-0.4, -0.2) is 18.4 Å². The minimum Gasteiger partial charge on any atom is -0.325 e. The number of aryl methyl sites for hydroxylation is 2. The van der Waals surface area contributed by atoms with E-state index in [1.54, 1.807) is 4.90 Å². The third-order valence-electron chi connectivity index (χ3n) is 3.66. The lowest BCUT2D eigenvalue weighted by Crippen LogP contribution is -2.33. The van der Waals surface area contributed by atoms with Crippen molar-refractivity contribution in [1.82, 2.24) is 0 Å². The lowest BCUT2D eigenvalue weighted by Gasteiger charge is -2.21. The summed E-state index contributed by atoms with van der Waals surface area (Å²) in [7, 11) is 0. The third kappa shape index (κ3) is 4.42. The van der Waals surface area contributed by atoms with Crippen molar-refractivity contribution in [3.8, 4) is 0 Å². The van der Waals surface area contributed by atoms with Crippen molar-refractivity contribution in [2.45, 2.75) is 27.2 Å². The number of hydrogen-bond donors (Lipinski definition) is 1. The number of rotatable bonds is 5. The molecule has 0 saturated carbocycles. The molecule has 0 bridgehead atoms. The monoisotopic (exact) mass is 310 g/mol. The summed E-state index contributed by atoms with van der Waals surface area (Å²) >= 11 is 0. The molecule has 0 aliphatic carbocycles. The summed E-state index contributed by atoms with van der Waals surface area (Å²) in [6, 6.07) is 15.2. The first kappa shape index (κ1) is 16.7. The second-order valence-electron chi connectivity index (χ2n) is 5.52. The number of para-hydroxylation sites is 1. The highest BCUT2D eigenvalue weighted by molar-refractivity contribution is 6.09. The quantitative estimate of drug-likeness (QED) is 0.856. The molecule has 4 nitrogen and oxygen atoms in total. The van der Waals surface area contributed by atoms with Gasteiger partial charge in [0.25, 0.3) is 0 Å². The molecular weight excluding hydrogens is 288 g/mol. The van der Waals surface area contributed by atoms with Crippen LogP contribution in [0.1, 0.15) is 24.5 Å². The van der Waals surface area contributed by atoms with Crippen molar-refractivity contribution in [2.24, 2.45) is 0 Å². The average molecular weight is 310 g/mol. The molecule has 0 radical (unpaired) electrons. The van der Waals surface area contributed by atoms with Gasteiger partial charge in [-0.25, -0.2) is 0 Å². The predicted molar refractivity (Wildman–Crippen MR) is 93.6 cm³/mol. The standard InChI is InChI=1S/C19H22N2O2/c1-4-21(16-10-7-8-14(2)12-16)19(23)13-18(22)20-17-11-6-5-9-15(17)3/h5-12H,4,13H2,1-3H3,(H,20,22). The minimum atomic E-state index is -0.296. The fourth-order valence-electron chi connectivity index (χ4n) is 2.44. The van der Waals surface area contributed by atoms with Gasteiger partial charge in [0.05, 0.1) is 0 Å². The number of hydrogen-bond acceptors (Lipinski definition) is 2. The smallest absolute Gasteiger partial charge is 0.236 e. The van der Waals surface area contributed by atoms with E-state index in [1.807, 2.05) is 69.3 Å². The van der Waals surface area contributed by atoms with Crippen molar-refractivity contribution < 1.29 is 9.59 Å². The molecule has 0 aromatic heterocycles. The molecule has 2 amide bonds. The van der Waals surface area contributed by atoms with Crippen LogP contribution in [0.3, 0.4) is 0 Å². The normalized spacial score (nSPS) is 10.2. The summed E-state index contributed by atoms with van der Waals surface area (Å²) in [5.74, 6) is -0.500. The summed E-state index contributed by atoms with van der Waals surface area (Å²) in [6.07, 6.45) is -0.171. The fraction of sp³-hybridized carbons (Fsp3) is 0.263. The first-order valence-electron chi connectivity index (χ1n) is 7.73. The highest BCUT2D eigenvalue weighted by Gasteiger charge is 2.18. The second kappa shape index (κ2) is 7.58. The molecule has 1 N–H and O–H groups in total. The van der Waals surface area contributed by atoms with E-state index in [4.69, 9.17) is 0 Å². The predicted octanol–water partition coefficient (Wildman–Crippen LogP) is 3.69. The molecular formula is C19H22N2O2. The van der Waals surface area contributed by atoms with Crippen LogP contribution in [0.4, 0.5) is 11.4 Å². The molecule has 0 heterocycles. The van der Waals surface area contributed by atoms with Gasteiger partial charge in [-0.3, -0.25) is 9.59 Å². The van der Waals surface area contributed by atoms with Gasteiger partial charge in [-0.2, -0.15) is 0 Å². The molecule has 120 valence electrons. The molecule has 2 aromatic rings. The zero-order valence-electron chi connectivity index (χ0n) is 13.8. The Morgan fingerprint density at radius 1 is 1.04 bits per heavy atom. The maximum Gasteiger partial charge on any atom is 0.236 e. The van der Waals surface area contributed by atoms with Gasteiger partial charge in [0.2, 0.25) is 11.8 Å². The van der Waals surface area contributed by atoms with Crippen LogP contribution in [0, 0.1) is 13.8 Å². The zero-order valence-corrected chi connectivity index (χ0v) is 13.8. The van der Waals surface area contributed by atoms with Gasteiger partial charge in [-0.05, 0) is 50.1 Å². The van der Waals surface area contributed by atoms with Gasteiger partial charge in [-0.15, -0.1) is 0 Å². The molecule has 0 unspecified atom stereocenters. The largest absolute Gasteiger partial charge is 0.325 e. The molecule has 0 spiro atoms. The lowest BCUT2D eigenvalue weighted by molar-refractivity contribution is -0.125. The number of carbonyl (C=O) groups is 2. The zero-order chi connectivity index (χ0) is 16.8. The summed E-state index contributed by atoms with van der Waals surface area (Å²) in [5, 5.41) is 2.80. The number of amides is 2. The maximum absolute atomic E-state index is 12.4. The van der Waals surface area contributed by atoms with Crippen LogP contribution < -0.4 is 10.2 Å². The van der Waals surface area contributed by atoms with Gasteiger partial charge >= 0.3 is 0 Å². The molecule has 2 rings (SSSR count). The van der Waals surface area contributed by atoms with E-state index in [0.29, 0.717) is 6.54 Å². The van der Waals surface area contributed by atoms with Crippen LogP contribution in [0.5, 0.6) is 0 Å². The maximum atomic E-state index is 12.4. The minimum absolute atomic E-state index is 0.171. The Morgan fingerprint density at radius 3 is 2.43 bits per heavy atom. The van der Waals surface area contributed by atoms with E-state index in [2.05, 4.69) is 5.32 Å². The van der Waals surface area contributed by atoms with Gasteiger partial charge in [-0.1, -0.05) is 30.3 Å². The Balaban J connectivity index is 2.05. The van der Waals surface area contributed by atoms with Crippen molar-refractivity contribution in [2.75, 3.05) is 16.8 Å². The van der Waals surface area contributed by atoms with E-state index >= 15 is 0 Å². The van der Waals surface area contributed by atoms with Gasteiger partial charge < -0.3 is 10.2 Å². The molecule has 0 aliphatic rings. The van der Waals surface area contributed by atoms with E-state index in [-0.39, 0.29) is 18.2 Å². The van der Waals surface area contributed by atoms with Crippen LogP contribution in [0.15, 0.2) is 48.5 Å². The Morgan fingerprint density at radius 2 is 1.78 bits per heavy atom. The van der Waals surface area contributed by atoms with Crippen molar-refractivity contribution in [3.05, 3.63) is 59.7 Å². The van der Waals surface area contributed by atoms with Gasteiger partial charge in [0.1, 0.15) is 6.42 Å². The van der Waals surface area contributed by atoms with Crippen LogP contribution in [0.2, 0.25) is 0 Å². The molecule has 2 aromatic carbocycles. The molecule has 0 atom stereocenters. The van der Waals surface area contributed by atoms with E-state index < -0.39 is 0 Å². The van der Waals surface area contributed by atoms with E-state index in [9.17, 15) is 9.59 Å². The van der Waals surface area contributed by atoms with Crippen LogP contribution >= 0.6 is 0 Å². The van der Waals surface area contributed by atoms with Crippen molar-refractivity contribution in [3.63, 3.8) is 0 Å². The summed E-state index contributed by atoms with van der Waals surface area (Å²) in [6.45, 7) is 6.33. The number of carbonyl (C=O) groups excluding carboxylic acids is 2. The molecule has 4 heteroatoms. The SMILES string of the molecule is CCN(C(=O)CC(=O)Nc1ccccc1C)c1cccc(C)c1. The van der Waals surface area contributed by atoms with Crippen LogP contribution in [-0.2, 0) is 9.59 Å². The van der Waals surface area contributed by atoms with Crippen molar-refractivity contribution in [1.29, 1.82) is 0 Å². The Bertz CT molecular complexity index is 710. The van der Waals surface area contributed by atoms with Gasteiger partial charge in [0, 0.05) is 17.9 Å². The van der Waals surface area contributed by atoms with E-state index in [1.165, 1.54) is 0 Å². The summed E-state index contributed by atoms with van der Waals surface area (Å²) in [4.78, 5) is 26.2. The highest BCUT2D eigenvalue weighted by Crippen LogP contribution is 2.18. The third-order valence-corrected chi connectivity index (χ3v) is 3.66. The first-order chi connectivity index (χ1) is 11.0. The van der Waals surface area contributed by atoms with Crippen LogP contribution in [0.25, 0.3) is 0 Å². The Labute approximate surface area is 137 Å². The lowest BCUT2D eigenvalue weighted by atomic mass is 10.2. The Hall–Kier alpha value is -2.62. The van der Waals surface area contributed by atoms with Gasteiger partial charge in [0.15, 0.2) is 0 Å². The first-order valence-corrected chi connectivity index (χ1v) is 7.73. The Kier molecular flexibility index (Phi) is 5.52. The number of nitrogens with one attached hydrogen (secondary N) is 1. The average Bonchev–Trinajstić information content (AvgIpc) is 2.50. The topological polar surface area (TPSA) is 49.4 Å². The molecule has 0 fully saturated rings. The van der Waals surface area contributed by atoms with E-state index in [0.717, 1.165) is 22.5 Å². The molecule has 0 aliphatic heterocycles. The number of nitrogens with zero attached hydrogens (tertiary/aromatic N) is 1. The fourth-order valence-corrected chi connectivity index (χ4v) is 2.44. The molecule has 0 saturated heterocycles. The number of benzene rings is 2. The summed E-state index contributed by atoms with van der Waals surface area (Å²) < 4.78 is 0.